The van der Waals surface area contributed by atoms with E-state index in [-0.39, 0.29) is 12.4 Å². The lowest BCUT2D eigenvalue weighted by atomic mass is 10.1. The zero-order valence-corrected chi connectivity index (χ0v) is 9.94. The highest BCUT2D eigenvalue weighted by molar-refractivity contribution is 5.85. The van der Waals surface area contributed by atoms with Gasteiger partial charge < -0.3 is 15.6 Å². The Morgan fingerprint density at radius 1 is 1.61 bits per heavy atom. The van der Waals surface area contributed by atoms with Crippen LogP contribution in [0.15, 0.2) is 12.1 Å². The highest BCUT2D eigenvalue weighted by Crippen LogP contribution is 2.34. The number of phenols is 1. The van der Waals surface area contributed by atoms with Gasteiger partial charge in [-0.15, -0.1) is 12.4 Å². The predicted octanol–water partition coefficient (Wildman–Crippen LogP) is 1.03. The number of esters is 1. The van der Waals surface area contributed by atoms with Crippen LogP contribution >= 0.6 is 12.4 Å². The quantitative estimate of drug-likeness (QED) is 0.485. The maximum atomic E-state index is 13.1. The number of methoxy groups -OCH3 is 1. The number of ether oxygens (including phenoxy) is 1. The number of nitro benzene ring substituents is 1. The van der Waals surface area contributed by atoms with Gasteiger partial charge in [-0.1, -0.05) is 0 Å². The molecule has 7 nitrogen and oxygen atoms in total. The van der Waals surface area contributed by atoms with Crippen LogP contribution in [-0.4, -0.2) is 23.1 Å². The molecular formula is C9H10ClFN2O5. The number of carbonyl (C=O) groups excluding carboxylic acids is 1. The molecule has 0 unspecified atom stereocenters. The summed E-state index contributed by atoms with van der Waals surface area (Å²) < 4.78 is 17.4. The van der Waals surface area contributed by atoms with Gasteiger partial charge in [-0.25, -0.2) is 4.39 Å². The summed E-state index contributed by atoms with van der Waals surface area (Å²) in [6.45, 7) is 0. The molecule has 0 bridgehead atoms. The minimum Gasteiger partial charge on any atom is -0.502 e. The van der Waals surface area contributed by atoms with E-state index in [1.54, 1.807) is 0 Å². The summed E-state index contributed by atoms with van der Waals surface area (Å²) in [6.07, 6.45) is 0. The summed E-state index contributed by atoms with van der Waals surface area (Å²) in [6, 6.07) is -0.221. The molecule has 0 amide bonds. The first-order valence-corrected chi connectivity index (χ1v) is 4.38. The van der Waals surface area contributed by atoms with Gasteiger partial charge in [0.05, 0.1) is 18.1 Å². The van der Waals surface area contributed by atoms with Gasteiger partial charge in [0.2, 0.25) is 0 Å². The van der Waals surface area contributed by atoms with Gasteiger partial charge in [-0.3, -0.25) is 14.9 Å². The van der Waals surface area contributed by atoms with Gasteiger partial charge in [-0.05, 0) is 6.07 Å². The van der Waals surface area contributed by atoms with Gasteiger partial charge >= 0.3 is 11.7 Å². The molecule has 3 N–H and O–H groups in total. The Kier molecular flexibility index (Phi) is 5.47. The number of hydrogen-bond acceptors (Lipinski definition) is 6. The van der Waals surface area contributed by atoms with Crippen LogP contribution in [0, 0.1) is 15.9 Å². The second-order valence-electron chi connectivity index (χ2n) is 3.12. The summed E-state index contributed by atoms with van der Waals surface area (Å²) in [7, 11) is 1.05. The van der Waals surface area contributed by atoms with Crippen molar-refractivity contribution in [3.05, 3.63) is 33.6 Å². The van der Waals surface area contributed by atoms with Gasteiger partial charge in [0.25, 0.3) is 0 Å². The number of hydrogen-bond donors (Lipinski definition) is 2. The van der Waals surface area contributed by atoms with Crippen LogP contribution in [0.3, 0.4) is 0 Å². The van der Waals surface area contributed by atoms with Crippen LogP contribution in [0.4, 0.5) is 10.1 Å². The van der Waals surface area contributed by atoms with Gasteiger partial charge in [-0.2, -0.15) is 0 Å². The first kappa shape index (κ1) is 16.1. The molecule has 1 rings (SSSR count). The van der Waals surface area contributed by atoms with E-state index in [2.05, 4.69) is 4.74 Å². The molecule has 1 aromatic rings. The Bertz CT molecular complexity index is 482. The number of halogens is 2. The van der Waals surface area contributed by atoms with Crippen molar-refractivity contribution >= 4 is 24.1 Å². The first-order chi connectivity index (χ1) is 7.88. The third-order valence-electron chi connectivity index (χ3n) is 2.07. The minimum absolute atomic E-state index is 0. The molecule has 0 heterocycles. The maximum Gasteiger partial charge on any atom is 0.327 e. The molecule has 0 aliphatic rings. The van der Waals surface area contributed by atoms with Crippen LogP contribution in [0.5, 0.6) is 5.75 Å². The van der Waals surface area contributed by atoms with Crippen LogP contribution in [-0.2, 0) is 9.53 Å². The first-order valence-electron chi connectivity index (χ1n) is 4.38. The summed E-state index contributed by atoms with van der Waals surface area (Å²) in [5.41, 5.74) is 4.10. The molecule has 1 atom stereocenters. The lowest BCUT2D eigenvalue weighted by molar-refractivity contribution is -0.386. The molecule has 0 aliphatic carbocycles. The molecule has 0 aliphatic heterocycles. The van der Waals surface area contributed by atoms with E-state index in [0.717, 1.165) is 13.2 Å². The summed E-state index contributed by atoms with van der Waals surface area (Å²) >= 11 is 0. The third kappa shape index (κ3) is 3.05. The van der Waals surface area contributed by atoms with Crippen molar-refractivity contribution in [3.63, 3.8) is 0 Å². The molecule has 0 fully saturated rings. The molecule has 0 spiro atoms. The van der Waals surface area contributed by atoms with Crippen molar-refractivity contribution in [1.29, 1.82) is 0 Å². The topological polar surface area (TPSA) is 116 Å². The highest BCUT2D eigenvalue weighted by atomic mass is 35.5. The SMILES string of the molecule is COC(=O)[C@@H](N)c1cc(F)cc([N+](=O)[O-])c1O.Cl. The Balaban J connectivity index is 0.00000289. The number of benzene rings is 1. The molecule has 18 heavy (non-hydrogen) atoms. The van der Waals surface area contributed by atoms with Crippen molar-refractivity contribution < 1.29 is 24.0 Å². The second-order valence-corrected chi connectivity index (χ2v) is 3.12. The van der Waals surface area contributed by atoms with E-state index < -0.39 is 39.8 Å². The monoisotopic (exact) mass is 280 g/mol. The van der Waals surface area contributed by atoms with Crippen LogP contribution in [0.1, 0.15) is 11.6 Å². The Labute approximate surface area is 107 Å². The van der Waals surface area contributed by atoms with E-state index >= 15 is 0 Å². The number of nitrogens with zero attached hydrogens (tertiary/aromatic N) is 1. The number of aromatic hydroxyl groups is 1. The fourth-order valence-electron chi connectivity index (χ4n) is 1.24. The third-order valence-corrected chi connectivity index (χ3v) is 2.07. The van der Waals surface area contributed by atoms with Crippen molar-refractivity contribution in [2.45, 2.75) is 6.04 Å². The lowest BCUT2D eigenvalue weighted by Crippen LogP contribution is -2.23. The normalized spacial score (nSPS) is 11.3. The van der Waals surface area contributed by atoms with Crippen LogP contribution in [0.2, 0.25) is 0 Å². The summed E-state index contributed by atoms with van der Waals surface area (Å²) in [4.78, 5) is 20.6. The second kappa shape index (κ2) is 6.12. The lowest BCUT2D eigenvalue weighted by Gasteiger charge is -2.11. The standard InChI is InChI=1S/C9H9FN2O5.ClH/c1-17-9(14)7(11)5-2-4(10)3-6(8(5)13)12(15)16;/h2-3,7,13H,11H2,1H3;1H/t7-;/m0./s1. The van der Waals surface area contributed by atoms with Gasteiger partial charge in [0.15, 0.2) is 5.75 Å². The average molecular weight is 281 g/mol. The minimum atomic E-state index is -1.49. The Morgan fingerprint density at radius 2 is 2.17 bits per heavy atom. The number of phenolic OH excluding ortho intramolecular Hbond substituents is 1. The molecule has 0 aromatic heterocycles. The zero-order chi connectivity index (χ0) is 13.2. The van der Waals surface area contributed by atoms with Gasteiger partial charge in [0, 0.05) is 5.56 Å². The van der Waals surface area contributed by atoms with E-state index in [0.29, 0.717) is 6.07 Å². The molecule has 0 saturated heterocycles. The Morgan fingerprint density at radius 3 is 2.61 bits per heavy atom. The fourth-order valence-corrected chi connectivity index (χ4v) is 1.24. The van der Waals surface area contributed by atoms with E-state index in [1.807, 2.05) is 0 Å². The molecule has 0 radical (unpaired) electrons. The molecule has 1 aromatic carbocycles. The predicted molar refractivity (Wildman–Crippen MR) is 60.9 cm³/mol. The maximum absolute atomic E-state index is 13.1. The molecule has 9 heteroatoms. The van der Waals surface area contributed by atoms with E-state index in [9.17, 15) is 24.4 Å². The van der Waals surface area contributed by atoms with E-state index in [4.69, 9.17) is 5.73 Å². The largest absolute Gasteiger partial charge is 0.502 e. The van der Waals surface area contributed by atoms with Crippen molar-refractivity contribution in [3.8, 4) is 5.75 Å². The van der Waals surface area contributed by atoms with Crippen LogP contribution in [0.25, 0.3) is 0 Å². The number of nitro groups is 1. The fraction of sp³-hybridized carbons (Fsp3) is 0.222. The summed E-state index contributed by atoms with van der Waals surface area (Å²) in [5, 5.41) is 20.0. The average Bonchev–Trinajstić information content (AvgIpc) is 2.29. The van der Waals surface area contributed by atoms with E-state index in [1.165, 1.54) is 0 Å². The number of rotatable bonds is 3. The van der Waals surface area contributed by atoms with Crippen molar-refractivity contribution in [2.24, 2.45) is 5.73 Å². The smallest absolute Gasteiger partial charge is 0.327 e. The molecule has 0 saturated carbocycles. The molecular weight excluding hydrogens is 271 g/mol. The summed E-state index contributed by atoms with van der Waals surface area (Å²) in [5.74, 6) is -2.78. The molecule has 100 valence electrons. The van der Waals surface area contributed by atoms with Crippen molar-refractivity contribution in [2.75, 3.05) is 7.11 Å². The van der Waals surface area contributed by atoms with Gasteiger partial charge in [0.1, 0.15) is 11.9 Å². The van der Waals surface area contributed by atoms with Crippen LogP contribution < -0.4 is 5.73 Å². The van der Waals surface area contributed by atoms with Crippen molar-refractivity contribution in [1.82, 2.24) is 0 Å². The highest BCUT2D eigenvalue weighted by Gasteiger charge is 2.27. The number of carbonyl (C=O) groups is 1. The Hall–Kier alpha value is -1.93. The zero-order valence-electron chi connectivity index (χ0n) is 9.12. The number of nitrogens with two attached hydrogens (primary N) is 1.